The third-order valence-corrected chi connectivity index (χ3v) is 8.08. The molecule has 0 unspecified atom stereocenters. The highest BCUT2D eigenvalue weighted by Gasteiger charge is 2.21. The van der Waals surface area contributed by atoms with Crippen LogP contribution in [0, 0.1) is 0 Å². The number of imidazole rings is 1. The van der Waals surface area contributed by atoms with Crippen molar-refractivity contribution in [2.75, 3.05) is 12.3 Å². The molecule has 1 amide bonds. The van der Waals surface area contributed by atoms with Gasteiger partial charge in [0.15, 0.2) is 5.16 Å². The lowest BCUT2D eigenvalue weighted by Crippen LogP contribution is -2.24. The van der Waals surface area contributed by atoms with Gasteiger partial charge < -0.3 is 5.32 Å². The Hall–Kier alpha value is -4.09. The zero-order chi connectivity index (χ0) is 28.7. The summed E-state index contributed by atoms with van der Waals surface area (Å²) >= 11 is 1.76. The van der Waals surface area contributed by atoms with Gasteiger partial charge in [-0.25, -0.2) is 4.98 Å². The fourth-order valence-corrected chi connectivity index (χ4v) is 5.80. The number of nitrogens with one attached hydrogen (secondary N) is 1. The quantitative estimate of drug-likeness (QED) is 0.137. The first-order valence-electron chi connectivity index (χ1n) is 14.2. The minimum atomic E-state index is -0.0160. The zero-order valence-electron chi connectivity index (χ0n) is 24.0. The second-order valence-electron chi connectivity index (χ2n) is 11.1. The third kappa shape index (κ3) is 6.98. The molecule has 5 aromatic rings. The van der Waals surface area contributed by atoms with E-state index in [1.807, 2.05) is 42.5 Å². The molecule has 0 bridgehead atoms. The van der Waals surface area contributed by atoms with Crippen molar-refractivity contribution < 1.29 is 4.79 Å². The molecule has 0 aliphatic heterocycles. The molecule has 208 valence electrons. The Morgan fingerprint density at radius 3 is 1.95 bits per heavy atom. The van der Waals surface area contributed by atoms with E-state index in [0.29, 0.717) is 12.1 Å². The molecular weight excluding hydrogens is 522 g/mol. The zero-order valence-corrected chi connectivity index (χ0v) is 24.8. The van der Waals surface area contributed by atoms with Crippen LogP contribution in [0.1, 0.15) is 49.5 Å². The normalized spacial score (nSPS) is 11.4. The number of para-hydroxylation sites is 1. The third-order valence-electron chi connectivity index (χ3n) is 7.06. The molecule has 4 nitrogen and oxygen atoms in total. The topological polar surface area (TPSA) is 46.9 Å². The maximum absolute atomic E-state index is 12.6. The van der Waals surface area contributed by atoms with Gasteiger partial charge in [-0.15, -0.1) is 0 Å². The first-order valence-corrected chi connectivity index (χ1v) is 15.2. The van der Waals surface area contributed by atoms with E-state index >= 15 is 0 Å². The molecular formula is C36H37N3OS. The number of rotatable bonds is 10. The van der Waals surface area contributed by atoms with Crippen LogP contribution in [0.15, 0.2) is 120 Å². The maximum Gasteiger partial charge on any atom is 0.251 e. The summed E-state index contributed by atoms with van der Waals surface area (Å²) in [5, 5.41) is 4.05. The highest BCUT2D eigenvalue weighted by Crippen LogP contribution is 2.38. The number of hydrogen-bond donors (Lipinski definition) is 1. The minimum absolute atomic E-state index is 0.0160. The molecule has 0 aliphatic rings. The lowest BCUT2D eigenvalue weighted by molar-refractivity contribution is 0.0953. The highest BCUT2D eigenvalue weighted by atomic mass is 32.2. The van der Waals surface area contributed by atoms with Gasteiger partial charge in [0, 0.05) is 34.7 Å². The van der Waals surface area contributed by atoms with E-state index in [-0.39, 0.29) is 11.3 Å². The van der Waals surface area contributed by atoms with Crippen molar-refractivity contribution in [2.45, 2.75) is 44.2 Å². The summed E-state index contributed by atoms with van der Waals surface area (Å²) in [7, 11) is 0. The minimum Gasteiger partial charge on any atom is -0.352 e. The van der Waals surface area contributed by atoms with Crippen molar-refractivity contribution in [3.8, 4) is 28.2 Å². The Bertz CT molecular complexity index is 1550. The van der Waals surface area contributed by atoms with E-state index in [9.17, 15) is 4.79 Å². The van der Waals surface area contributed by atoms with Crippen LogP contribution < -0.4 is 5.32 Å². The molecule has 1 aromatic heterocycles. The van der Waals surface area contributed by atoms with E-state index in [1.165, 1.54) is 5.56 Å². The Labute approximate surface area is 247 Å². The van der Waals surface area contributed by atoms with Crippen molar-refractivity contribution >= 4 is 17.7 Å². The lowest BCUT2D eigenvalue weighted by atomic mass is 9.87. The second-order valence-corrected chi connectivity index (χ2v) is 12.2. The van der Waals surface area contributed by atoms with Gasteiger partial charge in [0.25, 0.3) is 5.91 Å². The first-order chi connectivity index (χ1) is 19.9. The van der Waals surface area contributed by atoms with Crippen LogP contribution in [0.5, 0.6) is 0 Å². The summed E-state index contributed by atoms with van der Waals surface area (Å²) in [5.41, 5.74) is 7.40. The number of amides is 1. The maximum atomic E-state index is 12.6. The van der Waals surface area contributed by atoms with E-state index in [1.54, 1.807) is 11.8 Å². The van der Waals surface area contributed by atoms with Crippen LogP contribution in [0.25, 0.3) is 28.2 Å². The molecule has 0 fully saturated rings. The van der Waals surface area contributed by atoms with Crippen LogP contribution >= 0.6 is 11.8 Å². The van der Waals surface area contributed by atoms with Gasteiger partial charge in [-0.1, -0.05) is 124 Å². The molecule has 4 aromatic carbocycles. The van der Waals surface area contributed by atoms with Crippen molar-refractivity contribution in [1.82, 2.24) is 14.9 Å². The SMILES string of the molecule is CC(C)(C)c1ccc(C(=O)NCCCCSc2nc(-c3ccccc3)c(-c3ccccc3)n2-c2ccccc2)cc1. The van der Waals surface area contributed by atoms with Gasteiger partial charge in [0.2, 0.25) is 0 Å². The average Bonchev–Trinajstić information content (AvgIpc) is 3.39. The smallest absolute Gasteiger partial charge is 0.251 e. The summed E-state index contributed by atoms with van der Waals surface area (Å²) in [4.78, 5) is 17.8. The molecule has 0 atom stereocenters. The summed E-state index contributed by atoms with van der Waals surface area (Å²) in [6, 6.07) is 39.3. The molecule has 5 rings (SSSR count). The van der Waals surface area contributed by atoms with Crippen molar-refractivity contribution in [1.29, 1.82) is 0 Å². The molecule has 41 heavy (non-hydrogen) atoms. The fraction of sp³-hybridized carbons (Fsp3) is 0.222. The molecule has 0 saturated carbocycles. The van der Waals surface area contributed by atoms with Gasteiger partial charge in [0.05, 0.1) is 11.4 Å². The number of benzene rings is 4. The number of aromatic nitrogens is 2. The molecule has 5 heteroatoms. The van der Waals surface area contributed by atoms with Gasteiger partial charge in [-0.05, 0) is 48.1 Å². The van der Waals surface area contributed by atoms with Gasteiger partial charge in [-0.2, -0.15) is 0 Å². The highest BCUT2D eigenvalue weighted by molar-refractivity contribution is 7.99. The number of hydrogen-bond acceptors (Lipinski definition) is 3. The number of carbonyl (C=O) groups is 1. The van der Waals surface area contributed by atoms with Gasteiger partial charge >= 0.3 is 0 Å². The molecule has 1 heterocycles. The van der Waals surface area contributed by atoms with E-state index < -0.39 is 0 Å². The number of carbonyl (C=O) groups excluding carboxylic acids is 1. The second kappa shape index (κ2) is 13.0. The number of thioether (sulfide) groups is 1. The van der Waals surface area contributed by atoms with Crippen LogP contribution in [0.4, 0.5) is 0 Å². The Balaban J connectivity index is 1.29. The average molecular weight is 560 g/mol. The number of unbranched alkanes of at least 4 members (excludes halogenated alkanes) is 1. The van der Waals surface area contributed by atoms with Crippen molar-refractivity contribution in [3.05, 3.63) is 126 Å². The summed E-state index contributed by atoms with van der Waals surface area (Å²) in [6.45, 7) is 7.18. The number of nitrogens with zero attached hydrogens (tertiary/aromatic N) is 2. The standard InChI is InChI=1S/C36H37N3OS/c1-36(2,3)30-23-21-29(22-24-30)34(40)37-25-13-14-26-41-35-38-32(27-15-7-4-8-16-27)33(28-17-9-5-10-18-28)39(35)31-19-11-6-12-20-31/h4-12,15-24H,13-14,25-26H2,1-3H3,(H,37,40). The first kappa shape index (κ1) is 28.4. The molecule has 0 aliphatic carbocycles. The Kier molecular flexibility index (Phi) is 9.05. The largest absolute Gasteiger partial charge is 0.352 e. The molecule has 0 saturated heterocycles. The van der Waals surface area contributed by atoms with E-state index in [0.717, 1.165) is 52.0 Å². The van der Waals surface area contributed by atoms with Crippen LogP contribution in [-0.2, 0) is 5.41 Å². The summed E-state index contributed by atoms with van der Waals surface area (Å²) in [6.07, 6.45) is 1.87. The lowest BCUT2D eigenvalue weighted by Gasteiger charge is -2.19. The van der Waals surface area contributed by atoms with Crippen molar-refractivity contribution in [2.24, 2.45) is 0 Å². The predicted molar refractivity (Wildman–Crippen MR) is 172 cm³/mol. The van der Waals surface area contributed by atoms with Crippen LogP contribution in [-0.4, -0.2) is 27.8 Å². The van der Waals surface area contributed by atoms with Gasteiger partial charge in [0.1, 0.15) is 0 Å². The summed E-state index contributed by atoms with van der Waals surface area (Å²) < 4.78 is 2.28. The Morgan fingerprint density at radius 1 is 0.756 bits per heavy atom. The van der Waals surface area contributed by atoms with E-state index in [4.69, 9.17) is 4.98 Å². The molecule has 0 radical (unpaired) electrons. The predicted octanol–water partition coefficient (Wildman–Crippen LogP) is 8.81. The molecule has 0 spiro atoms. The molecule has 1 N–H and O–H groups in total. The van der Waals surface area contributed by atoms with Gasteiger partial charge in [-0.3, -0.25) is 9.36 Å². The van der Waals surface area contributed by atoms with E-state index in [2.05, 4.69) is 103 Å². The van der Waals surface area contributed by atoms with Crippen LogP contribution in [0.2, 0.25) is 0 Å². The van der Waals surface area contributed by atoms with Crippen molar-refractivity contribution in [3.63, 3.8) is 0 Å². The Morgan fingerprint density at radius 2 is 1.34 bits per heavy atom. The fourth-order valence-electron chi connectivity index (χ4n) is 4.79. The van der Waals surface area contributed by atoms with Crippen LogP contribution in [0.3, 0.4) is 0 Å². The summed E-state index contributed by atoms with van der Waals surface area (Å²) in [5.74, 6) is 0.889. The monoisotopic (exact) mass is 559 g/mol.